The van der Waals surface area contributed by atoms with E-state index in [1.165, 1.54) is 0 Å². The number of hydrogen-bond acceptors (Lipinski definition) is 6. The van der Waals surface area contributed by atoms with Gasteiger partial charge >= 0.3 is 0 Å². The van der Waals surface area contributed by atoms with Crippen LogP contribution in [-0.2, 0) is 9.53 Å². The van der Waals surface area contributed by atoms with Crippen LogP contribution in [0.3, 0.4) is 0 Å². The Balaban J connectivity index is 1.68. The Morgan fingerprint density at radius 1 is 1.30 bits per heavy atom. The van der Waals surface area contributed by atoms with Gasteiger partial charge in [-0.25, -0.2) is 0 Å². The van der Waals surface area contributed by atoms with Crippen molar-refractivity contribution in [2.45, 2.75) is 31.3 Å². The van der Waals surface area contributed by atoms with Gasteiger partial charge in [0.1, 0.15) is 0 Å². The van der Waals surface area contributed by atoms with Crippen molar-refractivity contribution in [1.82, 2.24) is 15.5 Å². The minimum absolute atomic E-state index is 0.209. The van der Waals surface area contributed by atoms with Gasteiger partial charge in [-0.3, -0.25) is 4.79 Å². The molecule has 1 unspecified atom stereocenters. The third kappa shape index (κ3) is 3.40. The van der Waals surface area contributed by atoms with Crippen molar-refractivity contribution in [3.63, 3.8) is 0 Å². The molecule has 0 aliphatic carbocycles. The van der Waals surface area contributed by atoms with E-state index in [1.807, 2.05) is 30.3 Å². The Bertz CT molecular complexity index is 665. The quantitative estimate of drug-likeness (QED) is 0.884. The summed E-state index contributed by atoms with van der Waals surface area (Å²) in [5, 5.41) is 6.81. The van der Waals surface area contributed by atoms with E-state index in [2.05, 4.69) is 15.5 Å². The van der Waals surface area contributed by atoms with Gasteiger partial charge in [0.2, 0.25) is 5.91 Å². The lowest BCUT2D eigenvalue weighted by molar-refractivity contribution is -0.130. The van der Waals surface area contributed by atoms with E-state index in [4.69, 9.17) is 15.0 Å². The highest BCUT2D eigenvalue weighted by Crippen LogP contribution is 2.21. The molecule has 23 heavy (non-hydrogen) atoms. The van der Waals surface area contributed by atoms with E-state index in [9.17, 15) is 4.79 Å². The zero-order valence-corrected chi connectivity index (χ0v) is 13.0. The summed E-state index contributed by atoms with van der Waals surface area (Å²) in [5.41, 5.74) is 6.12. The van der Waals surface area contributed by atoms with Crippen LogP contribution in [0.15, 0.2) is 34.9 Å². The maximum Gasteiger partial charge on any atom is 0.257 e. The highest BCUT2D eigenvalue weighted by molar-refractivity contribution is 5.86. The second-order valence-electron chi connectivity index (χ2n) is 5.79. The van der Waals surface area contributed by atoms with Crippen molar-refractivity contribution in [1.29, 1.82) is 0 Å². The first-order valence-corrected chi connectivity index (χ1v) is 7.65. The predicted molar refractivity (Wildman–Crippen MR) is 83.3 cm³/mol. The standard InChI is InChI=1S/C16H20N4O3/c1-11(18-15(21)16(17)7-9-22-10-8-16)13-19-14(23-20-13)12-5-3-2-4-6-12/h2-6,11H,7-10,17H2,1H3,(H,18,21). The Hall–Kier alpha value is -2.25. The van der Waals surface area contributed by atoms with Gasteiger partial charge in [0, 0.05) is 18.8 Å². The van der Waals surface area contributed by atoms with Gasteiger partial charge in [-0.1, -0.05) is 23.4 Å². The largest absolute Gasteiger partial charge is 0.381 e. The summed E-state index contributed by atoms with van der Waals surface area (Å²) in [4.78, 5) is 16.7. The number of aromatic nitrogens is 2. The minimum Gasteiger partial charge on any atom is -0.381 e. The number of nitrogens with one attached hydrogen (secondary N) is 1. The predicted octanol–water partition coefficient (Wildman–Crippen LogP) is 1.42. The number of benzene rings is 1. The number of carbonyl (C=O) groups is 1. The van der Waals surface area contributed by atoms with Crippen LogP contribution in [0.5, 0.6) is 0 Å². The second-order valence-corrected chi connectivity index (χ2v) is 5.79. The summed E-state index contributed by atoms with van der Waals surface area (Å²) >= 11 is 0. The second kappa shape index (κ2) is 6.47. The fraction of sp³-hybridized carbons (Fsp3) is 0.438. The number of nitrogens with two attached hydrogens (primary N) is 1. The van der Waals surface area contributed by atoms with E-state index >= 15 is 0 Å². The summed E-state index contributed by atoms with van der Waals surface area (Å²) in [6, 6.07) is 9.10. The molecule has 7 nitrogen and oxygen atoms in total. The maximum absolute atomic E-state index is 12.4. The first kappa shape index (κ1) is 15.6. The molecular formula is C16H20N4O3. The first-order valence-electron chi connectivity index (χ1n) is 7.65. The molecule has 3 N–H and O–H groups in total. The van der Waals surface area contributed by atoms with Crippen molar-refractivity contribution in [2.24, 2.45) is 5.73 Å². The molecule has 0 radical (unpaired) electrons. The van der Waals surface area contributed by atoms with Gasteiger partial charge < -0.3 is 20.3 Å². The average Bonchev–Trinajstić information content (AvgIpc) is 3.06. The van der Waals surface area contributed by atoms with Crippen LogP contribution in [-0.4, -0.2) is 34.8 Å². The molecule has 1 aliphatic heterocycles. The van der Waals surface area contributed by atoms with Gasteiger partial charge in [0.15, 0.2) is 5.82 Å². The molecule has 2 aromatic rings. The summed E-state index contributed by atoms with van der Waals surface area (Å²) in [7, 11) is 0. The Morgan fingerprint density at radius 2 is 2.00 bits per heavy atom. The molecule has 2 heterocycles. The fourth-order valence-electron chi connectivity index (χ4n) is 2.48. The zero-order valence-electron chi connectivity index (χ0n) is 13.0. The van der Waals surface area contributed by atoms with Crippen molar-refractivity contribution in [2.75, 3.05) is 13.2 Å². The molecule has 1 aromatic carbocycles. The summed E-state index contributed by atoms with van der Waals surface area (Å²) in [6.07, 6.45) is 1.01. The monoisotopic (exact) mass is 316 g/mol. The number of rotatable bonds is 4. The van der Waals surface area contributed by atoms with E-state index in [0.29, 0.717) is 37.8 Å². The third-order valence-electron chi connectivity index (χ3n) is 4.03. The van der Waals surface area contributed by atoms with Gasteiger partial charge in [0.25, 0.3) is 5.89 Å². The van der Waals surface area contributed by atoms with E-state index in [1.54, 1.807) is 6.92 Å². The molecule has 1 fully saturated rings. The van der Waals surface area contributed by atoms with Gasteiger partial charge in [-0.15, -0.1) is 0 Å². The maximum atomic E-state index is 12.4. The van der Waals surface area contributed by atoms with E-state index < -0.39 is 5.54 Å². The summed E-state index contributed by atoms with van der Waals surface area (Å²) in [5.74, 6) is 0.641. The number of amides is 1. The van der Waals surface area contributed by atoms with Crippen molar-refractivity contribution >= 4 is 5.91 Å². The average molecular weight is 316 g/mol. The molecule has 1 aromatic heterocycles. The summed E-state index contributed by atoms with van der Waals surface area (Å²) in [6.45, 7) is 2.80. The van der Waals surface area contributed by atoms with E-state index in [0.717, 1.165) is 5.56 Å². The molecule has 1 aliphatic rings. The van der Waals surface area contributed by atoms with Crippen LogP contribution in [0.2, 0.25) is 0 Å². The van der Waals surface area contributed by atoms with Crippen molar-refractivity contribution in [3.05, 3.63) is 36.2 Å². The molecular weight excluding hydrogens is 296 g/mol. The number of hydrogen-bond donors (Lipinski definition) is 2. The molecule has 3 rings (SSSR count). The fourth-order valence-corrected chi connectivity index (χ4v) is 2.48. The lowest BCUT2D eigenvalue weighted by atomic mass is 9.90. The summed E-state index contributed by atoms with van der Waals surface area (Å²) < 4.78 is 10.5. The van der Waals surface area contributed by atoms with Gasteiger partial charge in [0.05, 0.1) is 11.6 Å². The Morgan fingerprint density at radius 3 is 2.70 bits per heavy atom. The normalized spacial score (nSPS) is 18.3. The SMILES string of the molecule is CC(NC(=O)C1(N)CCOCC1)c1noc(-c2ccccc2)n1. The van der Waals surface area contributed by atoms with Crippen molar-refractivity contribution in [3.8, 4) is 11.5 Å². The van der Waals surface area contributed by atoms with Crippen LogP contribution in [0.25, 0.3) is 11.5 Å². The topological polar surface area (TPSA) is 103 Å². The van der Waals surface area contributed by atoms with Crippen LogP contribution in [0.1, 0.15) is 31.6 Å². The molecule has 122 valence electrons. The van der Waals surface area contributed by atoms with Crippen LogP contribution in [0.4, 0.5) is 0 Å². The van der Waals surface area contributed by atoms with Gasteiger partial charge in [-0.2, -0.15) is 4.98 Å². The van der Waals surface area contributed by atoms with Crippen LogP contribution >= 0.6 is 0 Å². The molecule has 0 saturated carbocycles. The number of carbonyl (C=O) groups excluding carboxylic acids is 1. The molecule has 0 spiro atoms. The third-order valence-corrected chi connectivity index (χ3v) is 4.03. The molecule has 1 saturated heterocycles. The minimum atomic E-state index is -0.890. The highest BCUT2D eigenvalue weighted by atomic mass is 16.5. The zero-order chi connectivity index (χ0) is 16.3. The molecule has 1 atom stereocenters. The molecule has 7 heteroatoms. The van der Waals surface area contributed by atoms with Crippen molar-refractivity contribution < 1.29 is 14.1 Å². The number of ether oxygens (including phenoxy) is 1. The lowest BCUT2D eigenvalue weighted by Crippen LogP contribution is -2.57. The van der Waals surface area contributed by atoms with Gasteiger partial charge in [-0.05, 0) is 31.9 Å². The lowest BCUT2D eigenvalue weighted by Gasteiger charge is -2.32. The van der Waals surface area contributed by atoms with Crippen LogP contribution < -0.4 is 11.1 Å². The molecule has 0 bridgehead atoms. The smallest absolute Gasteiger partial charge is 0.257 e. The van der Waals surface area contributed by atoms with Crippen LogP contribution in [0, 0.1) is 0 Å². The van der Waals surface area contributed by atoms with E-state index in [-0.39, 0.29) is 11.9 Å². The highest BCUT2D eigenvalue weighted by Gasteiger charge is 2.37. The Labute approximate surface area is 134 Å². The molecule has 1 amide bonds. The number of nitrogens with zero attached hydrogens (tertiary/aromatic N) is 2. The Kier molecular flexibility index (Phi) is 4.40. The first-order chi connectivity index (χ1) is 11.1.